The van der Waals surface area contributed by atoms with E-state index in [0.717, 1.165) is 85.6 Å². The summed E-state index contributed by atoms with van der Waals surface area (Å²) in [5, 5.41) is 0. The maximum Gasteiger partial charge on any atom is 0.0594 e. The molecule has 0 aromatic rings. The van der Waals surface area contributed by atoms with Crippen LogP contribution in [0.4, 0.5) is 0 Å². The number of rotatable bonds is 2. The van der Waals surface area contributed by atoms with E-state index in [1.165, 1.54) is 0 Å². The smallest absolute Gasteiger partial charge is 0.0594 e. The van der Waals surface area contributed by atoms with Crippen molar-refractivity contribution in [2.45, 2.75) is 0 Å². The lowest BCUT2D eigenvalue weighted by Gasteiger charge is -2.34. The van der Waals surface area contributed by atoms with Crippen LogP contribution in [-0.2, 0) is 14.2 Å². The summed E-state index contributed by atoms with van der Waals surface area (Å²) >= 11 is 0. The molecule has 3 saturated heterocycles. The predicted molar refractivity (Wildman–Crippen MR) is 78.0 cm³/mol. The molecule has 6 heteroatoms. The first-order valence-corrected chi connectivity index (χ1v) is 7.71. The minimum Gasteiger partial charge on any atom is -0.379 e. The number of likely N-dealkylation sites (N-methyl/N-ethyl adjacent to an activating group) is 1. The van der Waals surface area contributed by atoms with Crippen LogP contribution in [0.3, 0.4) is 0 Å². The number of morpholine rings is 3. The molecule has 0 saturated carbocycles. The summed E-state index contributed by atoms with van der Waals surface area (Å²) < 4.78 is 15.7. The summed E-state index contributed by atoms with van der Waals surface area (Å²) in [6.07, 6.45) is 0. The van der Waals surface area contributed by atoms with Gasteiger partial charge in [-0.2, -0.15) is 0 Å². The van der Waals surface area contributed by atoms with Gasteiger partial charge in [-0.3, -0.25) is 9.80 Å². The number of hydrogen-bond acceptors (Lipinski definition) is 6. The van der Waals surface area contributed by atoms with Gasteiger partial charge < -0.3 is 19.1 Å². The van der Waals surface area contributed by atoms with Gasteiger partial charge in [-0.05, 0) is 7.05 Å². The van der Waals surface area contributed by atoms with Crippen LogP contribution < -0.4 is 0 Å². The van der Waals surface area contributed by atoms with Gasteiger partial charge in [-0.25, -0.2) is 0 Å². The number of nitrogens with zero attached hydrogens (tertiary/aromatic N) is 3. The van der Waals surface area contributed by atoms with Crippen LogP contribution in [0.2, 0.25) is 0 Å². The van der Waals surface area contributed by atoms with Crippen molar-refractivity contribution in [1.82, 2.24) is 14.7 Å². The quantitative estimate of drug-likeness (QED) is 0.685. The second-order valence-electron chi connectivity index (χ2n) is 5.52. The molecule has 0 spiro atoms. The third-order valence-electron chi connectivity index (χ3n) is 3.84. The standard InChI is InChI=1S/C9H18N2O2.C5H11NO/c1-5-12-6-2-10(1)9-11-3-7-13-8-4-11;1-6-2-4-7-5-3-6/h1-9H2;2-5H2,1H3. The molecular formula is C14H29N3O3. The molecule has 0 aliphatic carbocycles. The van der Waals surface area contributed by atoms with Crippen molar-refractivity contribution in [2.24, 2.45) is 0 Å². The first-order valence-electron chi connectivity index (χ1n) is 7.71. The van der Waals surface area contributed by atoms with Gasteiger partial charge in [-0.1, -0.05) is 0 Å². The predicted octanol–water partition coefficient (Wildman–Crippen LogP) is -0.443. The summed E-state index contributed by atoms with van der Waals surface area (Å²) in [7, 11) is 2.11. The van der Waals surface area contributed by atoms with Gasteiger partial charge in [-0.15, -0.1) is 0 Å². The molecular weight excluding hydrogens is 258 g/mol. The Bertz CT molecular complexity index is 222. The minimum absolute atomic E-state index is 0.893. The second kappa shape index (κ2) is 9.65. The van der Waals surface area contributed by atoms with E-state index in [4.69, 9.17) is 14.2 Å². The van der Waals surface area contributed by atoms with E-state index in [9.17, 15) is 0 Å². The van der Waals surface area contributed by atoms with Gasteiger partial charge in [0, 0.05) is 39.3 Å². The molecule has 20 heavy (non-hydrogen) atoms. The van der Waals surface area contributed by atoms with Gasteiger partial charge in [0.25, 0.3) is 0 Å². The van der Waals surface area contributed by atoms with Crippen LogP contribution in [0, 0.1) is 0 Å². The number of ether oxygens (including phenoxy) is 3. The van der Waals surface area contributed by atoms with Crippen LogP contribution in [0.15, 0.2) is 0 Å². The Balaban J connectivity index is 0.000000178. The molecule has 0 amide bonds. The van der Waals surface area contributed by atoms with Gasteiger partial charge in [0.1, 0.15) is 0 Å². The van der Waals surface area contributed by atoms with E-state index < -0.39 is 0 Å². The van der Waals surface area contributed by atoms with E-state index in [1.807, 2.05) is 0 Å². The normalized spacial score (nSPS) is 26.9. The zero-order valence-corrected chi connectivity index (χ0v) is 12.8. The van der Waals surface area contributed by atoms with Gasteiger partial charge in [0.2, 0.25) is 0 Å². The van der Waals surface area contributed by atoms with E-state index in [2.05, 4.69) is 21.7 Å². The van der Waals surface area contributed by atoms with Crippen molar-refractivity contribution in [3.8, 4) is 0 Å². The van der Waals surface area contributed by atoms with Crippen LogP contribution in [0.1, 0.15) is 0 Å². The zero-order chi connectivity index (χ0) is 14.0. The molecule has 0 radical (unpaired) electrons. The molecule has 0 bridgehead atoms. The van der Waals surface area contributed by atoms with Crippen LogP contribution in [0.25, 0.3) is 0 Å². The highest BCUT2D eigenvalue weighted by atomic mass is 16.5. The molecule has 3 rings (SSSR count). The molecule has 0 aromatic carbocycles. The van der Waals surface area contributed by atoms with Crippen molar-refractivity contribution in [2.75, 3.05) is 92.6 Å². The molecule has 3 aliphatic heterocycles. The van der Waals surface area contributed by atoms with Crippen molar-refractivity contribution >= 4 is 0 Å². The fraction of sp³-hybridized carbons (Fsp3) is 1.00. The monoisotopic (exact) mass is 287 g/mol. The fourth-order valence-electron chi connectivity index (χ4n) is 2.42. The van der Waals surface area contributed by atoms with E-state index in [1.54, 1.807) is 0 Å². The fourth-order valence-corrected chi connectivity index (χ4v) is 2.42. The van der Waals surface area contributed by atoms with E-state index >= 15 is 0 Å². The molecule has 0 aromatic heterocycles. The summed E-state index contributed by atoms with van der Waals surface area (Å²) in [6, 6.07) is 0. The Hall–Kier alpha value is -0.240. The molecule has 3 aliphatic rings. The van der Waals surface area contributed by atoms with Crippen molar-refractivity contribution in [3.05, 3.63) is 0 Å². The molecule has 0 unspecified atom stereocenters. The minimum atomic E-state index is 0.893. The van der Waals surface area contributed by atoms with Crippen LogP contribution >= 0.6 is 0 Å². The Kier molecular flexibility index (Phi) is 7.79. The summed E-state index contributed by atoms with van der Waals surface area (Å²) in [5.74, 6) is 0. The second-order valence-corrected chi connectivity index (χ2v) is 5.52. The average Bonchev–Trinajstić information content (AvgIpc) is 2.51. The van der Waals surface area contributed by atoms with Crippen LogP contribution in [-0.4, -0.2) is 107 Å². The van der Waals surface area contributed by atoms with E-state index in [-0.39, 0.29) is 0 Å². The SMILES string of the molecule is C1CN(CN2CCOCC2)CCO1.CN1CCOCC1. The number of hydrogen-bond donors (Lipinski definition) is 0. The Morgan fingerprint density at radius 1 is 0.600 bits per heavy atom. The third-order valence-corrected chi connectivity index (χ3v) is 3.84. The highest BCUT2D eigenvalue weighted by molar-refractivity contribution is 4.66. The lowest BCUT2D eigenvalue weighted by molar-refractivity contribution is -0.0229. The lowest BCUT2D eigenvalue weighted by Crippen LogP contribution is -2.47. The van der Waals surface area contributed by atoms with E-state index in [0.29, 0.717) is 0 Å². The molecule has 3 heterocycles. The molecule has 0 atom stereocenters. The Morgan fingerprint density at radius 3 is 1.25 bits per heavy atom. The highest BCUT2D eigenvalue weighted by Crippen LogP contribution is 2.02. The molecule has 3 fully saturated rings. The zero-order valence-electron chi connectivity index (χ0n) is 12.8. The summed E-state index contributed by atoms with van der Waals surface area (Å²) in [4.78, 5) is 7.17. The summed E-state index contributed by atoms with van der Waals surface area (Å²) in [5.41, 5.74) is 0. The summed E-state index contributed by atoms with van der Waals surface area (Å²) in [6.45, 7) is 13.0. The highest BCUT2D eigenvalue weighted by Gasteiger charge is 2.16. The average molecular weight is 287 g/mol. The first-order chi connectivity index (χ1) is 9.84. The maximum atomic E-state index is 5.30. The largest absolute Gasteiger partial charge is 0.379 e. The van der Waals surface area contributed by atoms with Gasteiger partial charge in [0.05, 0.1) is 46.3 Å². The lowest BCUT2D eigenvalue weighted by atomic mass is 10.4. The van der Waals surface area contributed by atoms with Crippen molar-refractivity contribution in [1.29, 1.82) is 0 Å². The molecule has 0 N–H and O–H groups in total. The van der Waals surface area contributed by atoms with Crippen molar-refractivity contribution in [3.63, 3.8) is 0 Å². The Labute approximate surface area is 122 Å². The van der Waals surface area contributed by atoms with Gasteiger partial charge in [0.15, 0.2) is 0 Å². The molecule has 118 valence electrons. The third kappa shape index (κ3) is 6.47. The van der Waals surface area contributed by atoms with Crippen LogP contribution in [0.5, 0.6) is 0 Å². The Morgan fingerprint density at radius 2 is 0.950 bits per heavy atom. The van der Waals surface area contributed by atoms with Gasteiger partial charge >= 0.3 is 0 Å². The van der Waals surface area contributed by atoms with Crippen molar-refractivity contribution < 1.29 is 14.2 Å². The first kappa shape index (κ1) is 16.1. The maximum absolute atomic E-state index is 5.30. The molecule has 6 nitrogen and oxygen atoms in total. The topological polar surface area (TPSA) is 37.4 Å².